The third-order valence-electron chi connectivity index (χ3n) is 1.87. The predicted molar refractivity (Wildman–Crippen MR) is 57.7 cm³/mol. The fraction of sp³-hybridized carbons (Fsp3) is 0.400. The molecule has 0 saturated heterocycles. The van der Waals surface area contributed by atoms with Gasteiger partial charge in [0.25, 0.3) is 5.91 Å². The van der Waals surface area contributed by atoms with Crippen molar-refractivity contribution in [3.63, 3.8) is 0 Å². The molecule has 6 heteroatoms. The highest BCUT2D eigenvalue weighted by molar-refractivity contribution is 5.91. The molecule has 1 aromatic rings. The van der Waals surface area contributed by atoms with Crippen LogP contribution in [-0.4, -0.2) is 30.9 Å². The second-order valence-corrected chi connectivity index (χ2v) is 3.31. The van der Waals surface area contributed by atoms with Crippen molar-refractivity contribution >= 4 is 11.8 Å². The molecule has 0 aliphatic rings. The van der Waals surface area contributed by atoms with E-state index in [-0.39, 0.29) is 17.6 Å². The Morgan fingerprint density at radius 2 is 2.12 bits per heavy atom. The highest BCUT2D eigenvalue weighted by atomic mass is 16.3. The number of nitrogens with two attached hydrogens (primary N) is 1. The molecule has 6 nitrogen and oxygen atoms in total. The molecule has 4 N–H and O–H groups in total. The zero-order valence-electron chi connectivity index (χ0n) is 9.03. The molecule has 1 rings (SSSR count). The highest BCUT2D eigenvalue weighted by Crippen LogP contribution is 1.98. The fourth-order valence-electron chi connectivity index (χ4n) is 1.02. The van der Waals surface area contributed by atoms with Crippen molar-refractivity contribution in [1.82, 2.24) is 10.6 Å². The monoisotopic (exact) mass is 225 g/mol. The average Bonchev–Trinajstić information content (AvgIpc) is 2.76. The molecule has 0 radical (unpaired) electrons. The second-order valence-electron chi connectivity index (χ2n) is 3.31. The summed E-state index contributed by atoms with van der Waals surface area (Å²) in [5, 5.41) is 5.16. The molecule has 1 aromatic heterocycles. The van der Waals surface area contributed by atoms with E-state index in [1.807, 2.05) is 0 Å². The van der Waals surface area contributed by atoms with Crippen LogP contribution in [0.2, 0.25) is 0 Å². The molecule has 0 aromatic carbocycles. The van der Waals surface area contributed by atoms with Crippen LogP contribution in [0.5, 0.6) is 0 Å². The fourth-order valence-corrected chi connectivity index (χ4v) is 1.02. The minimum Gasteiger partial charge on any atom is -0.459 e. The summed E-state index contributed by atoms with van der Waals surface area (Å²) in [6.07, 6.45) is 1.42. The molecular weight excluding hydrogens is 210 g/mol. The van der Waals surface area contributed by atoms with Gasteiger partial charge in [-0.2, -0.15) is 0 Å². The lowest BCUT2D eigenvalue weighted by Crippen LogP contribution is -2.41. The maximum atomic E-state index is 11.3. The van der Waals surface area contributed by atoms with Crippen LogP contribution < -0.4 is 16.4 Å². The van der Waals surface area contributed by atoms with E-state index in [0.29, 0.717) is 13.1 Å². The molecular formula is C10H15N3O3. The smallest absolute Gasteiger partial charge is 0.287 e. The largest absolute Gasteiger partial charge is 0.459 e. The first kappa shape index (κ1) is 12.3. The van der Waals surface area contributed by atoms with Crippen molar-refractivity contribution in [2.75, 3.05) is 13.1 Å². The molecule has 0 saturated carbocycles. The van der Waals surface area contributed by atoms with Gasteiger partial charge in [0.15, 0.2) is 5.76 Å². The summed E-state index contributed by atoms with van der Waals surface area (Å²) in [6, 6.07) is 2.66. The van der Waals surface area contributed by atoms with Crippen molar-refractivity contribution in [1.29, 1.82) is 0 Å². The van der Waals surface area contributed by atoms with Crippen LogP contribution in [-0.2, 0) is 4.79 Å². The zero-order valence-corrected chi connectivity index (χ0v) is 9.03. The van der Waals surface area contributed by atoms with E-state index in [4.69, 9.17) is 10.2 Å². The third kappa shape index (κ3) is 3.74. The summed E-state index contributed by atoms with van der Waals surface area (Å²) in [7, 11) is 0. The van der Waals surface area contributed by atoms with E-state index >= 15 is 0 Å². The summed E-state index contributed by atoms with van der Waals surface area (Å²) in [5.41, 5.74) is 5.34. The van der Waals surface area contributed by atoms with Crippen molar-refractivity contribution in [3.8, 4) is 0 Å². The summed E-state index contributed by atoms with van der Waals surface area (Å²) in [6.45, 7) is 2.27. The Kier molecular flexibility index (Phi) is 4.53. The van der Waals surface area contributed by atoms with Crippen molar-refractivity contribution in [2.45, 2.75) is 13.0 Å². The Balaban J connectivity index is 2.17. The van der Waals surface area contributed by atoms with E-state index in [9.17, 15) is 9.59 Å². The van der Waals surface area contributed by atoms with Crippen LogP contribution in [0.3, 0.4) is 0 Å². The van der Waals surface area contributed by atoms with Gasteiger partial charge in [-0.1, -0.05) is 0 Å². The predicted octanol–water partition coefficient (Wildman–Crippen LogP) is -0.527. The van der Waals surface area contributed by atoms with Gasteiger partial charge < -0.3 is 20.8 Å². The topological polar surface area (TPSA) is 97.4 Å². The Hall–Kier alpha value is -1.82. The quantitative estimate of drug-likeness (QED) is 0.587. The number of furan rings is 1. The van der Waals surface area contributed by atoms with Gasteiger partial charge >= 0.3 is 0 Å². The van der Waals surface area contributed by atoms with Gasteiger partial charge in [-0.25, -0.2) is 0 Å². The van der Waals surface area contributed by atoms with E-state index in [2.05, 4.69) is 10.6 Å². The molecule has 0 spiro atoms. The van der Waals surface area contributed by atoms with Crippen molar-refractivity contribution in [3.05, 3.63) is 24.2 Å². The summed E-state index contributed by atoms with van der Waals surface area (Å²) in [4.78, 5) is 22.4. The van der Waals surface area contributed by atoms with E-state index in [1.165, 1.54) is 6.26 Å². The van der Waals surface area contributed by atoms with Crippen molar-refractivity contribution < 1.29 is 14.0 Å². The van der Waals surface area contributed by atoms with Crippen LogP contribution in [0.1, 0.15) is 17.5 Å². The lowest BCUT2D eigenvalue weighted by molar-refractivity contribution is -0.121. The summed E-state index contributed by atoms with van der Waals surface area (Å²) in [5.74, 6) is -0.300. The minimum absolute atomic E-state index is 0.243. The Bertz CT molecular complexity index is 346. The average molecular weight is 225 g/mol. The van der Waals surface area contributed by atoms with Gasteiger partial charge in [-0.05, 0) is 19.1 Å². The number of hydrogen-bond donors (Lipinski definition) is 3. The standard InChI is InChI=1S/C10H15N3O3/c1-7(11)9(14)12-4-5-13-10(15)8-3-2-6-16-8/h2-3,6-7H,4-5,11H2,1H3,(H,12,14)(H,13,15)/t7-/m1/s1. The number of amides is 2. The molecule has 2 amide bonds. The molecule has 0 aliphatic heterocycles. The molecule has 0 unspecified atom stereocenters. The van der Waals surface area contributed by atoms with Gasteiger partial charge in [0.1, 0.15) is 0 Å². The van der Waals surface area contributed by atoms with Crippen LogP contribution in [0.15, 0.2) is 22.8 Å². The maximum absolute atomic E-state index is 11.3. The van der Waals surface area contributed by atoms with Gasteiger partial charge in [0.2, 0.25) is 5.91 Å². The molecule has 88 valence electrons. The first-order chi connectivity index (χ1) is 7.61. The minimum atomic E-state index is -0.541. The SMILES string of the molecule is C[C@@H](N)C(=O)NCCNC(=O)c1ccco1. The van der Waals surface area contributed by atoms with E-state index < -0.39 is 6.04 Å². The van der Waals surface area contributed by atoms with Gasteiger partial charge in [0.05, 0.1) is 12.3 Å². The van der Waals surface area contributed by atoms with Gasteiger partial charge in [-0.15, -0.1) is 0 Å². The Morgan fingerprint density at radius 1 is 1.44 bits per heavy atom. The lowest BCUT2D eigenvalue weighted by atomic mass is 10.3. The molecule has 0 fully saturated rings. The molecule has 1 heterocycles. The Labute approximate surface area is 93.2 Å². The van der Waals surface area contributed by atoms with Gasteiger partial charge in [0, 0.05) is 13.1 Å². The summed E-state index contributed by atoms with van der Waals surface area (Å²) < 4.78 is 4.89. The number of rotatable bonds is 5. The maximum Gasteiger partial charge on any atom is 0.287 e. The molecule has 0 aliphatic carbocycles. The first-order valence-electron chi connectivity index (χ1n) is 4.96. The zero-order chi connectivity index (χ0) is 12.0. The number of carbonyl (C=O) groups is 2. The van der Waals surface area contributed by atoms with Crippen LogP contribution >= 0.6 is 0 Å². The highest BCUT2D eigenvalue weighted by Gasteiger charge is 2.08. The second kappa shape index (κ2) is 5.92. The van der Waals surface area contributed by atoms with E-state index in [0.717, 1.165) is 0 Å². The number of hydrogen-bond acceptors (Lipinski definition) is 4. The first-order valence-corrected chi connectivity index (χ1v) is 4.96. The van der Waals surface area contributed by atoms with Gasteiger partial charge in [-0.3, -0.25) is 9.59 Å². The number of nitrogens with one attached hydrogen (secondary N) is 2. The lowest BCUT2D eigenvalue weighted by Gasteiger charge is -2.07. The van der Waals surface area contributed by atoms with E-state index in [1.54, 1.807) is 19.1 Å². The normalized spacial score (nSPS) is 11.9. The van der Waals surface area contributed by atoms with Crippen LogP contribution in [0, 0.1) is 0 Å². The Morgan fingerprint density at radius 3 is 2.69 bits per heavy atom. The number of carbonyl (C=O) groups excluding carboxylic acids is 2. The van der Waals surface area contributed by atoms with Crippen LogP contribution in [0.25, 0.3) is 0 Å². The van der Waals surface area contributed by atoms with Crippen molar-refractivity contribution in [2.24, 2.45) is 5.73 Å². The molecule has 16 heavy (non-hydrogen) atoms. The van der Waals surface area contributed by atoms with Crippen LogP contribution in [0.4, 0.5) is 0 Å². The molecule has 0 bridgehead atoms. The summed E-state index contributed by atoms with van der Waals surface area (Å²) >= 11 is 0. The third-order valence-corrected chi connectivity index (χ3v) is 1.87. The molecule has 1 atom stereocenters.